The zero-order valence-electron chi connectivity index (χ0n) is 13.7. The highest BCUT2D eigenvalue weighted by molar-refractivity contribution is 7.99. The van der Waals surface area contributed by atoms with Crippen molar-refractivity contribution in [3.8, 4) is 0 Å². The van der Waals surface area contributed by atoms with Crippen LogP contribution in [0, 0.1) is 0 Å². The molecule has 0 fully saturated rings. The van der Waals surface area contributed by atoms with Crippen molar-refractivity contribution in [1.29, 1.82) is 0 Å². The molecule has 0 aliphatic heterocycles. The van der Waals surface area contributed by atoms with Gasteiger partial charge in [0.15, 0.2) is 0 Å². The van der Waals surface area contributed by atoms with Gasteiger partial charge in [0.25, 0.3) is 0 Å². The van der Waals surface area contributed by atoms with Crippen LogP contribution in [0.4, 0.5) is 11.6 Å². The third-order valence-corrected chi connectivity index (χ3v) is 5.74. The SMILES string of the molecule is c1ncc(Sc2n[nH]c(Nc3c4c(cc5c3CCC5)CCC4)n2)cn1. The fourth-order valence-electron chi connectivity index (χ4n) is 3.88. The Bertz CT molecular complexity index is 889. The maximum Gasteiger partial charge on any atom is 0.224 e. The highest BCUT2D eigenvalue weighted by Gasteiger charge is 2.24. The first-order chi connectivity index (χ1) is 12.4. The van der Waals surface area contributed by atoms with Gasteiger partial charge in [0, 0.05) is 18.1 Å². The van der Waals surface area contributed by atoms with Crippen LogP contribution in [-0.2, 0) is 25.7 Å². The van der Waals surface area contributed by atoms with Crippen molar-refractivity contribution in [1.82, 2.24) is 25.1 Å². The van der Waals surface area contributed by atoms with Gasteiger partial charge in [-0.15, -0.1) is 5.10 Å². The molecule has 5 rings (SSSR count). The Morgan fingerprint density at radius 2 is 1.68 bits per heavy atom. The zero-order chi connectivity index (χ0) is 16.6. The number of rotatable bonds is 4. The van der Waals surface area contributed by atoms with Crippen LogP contribution < -0.4 is 5.32 Å². The Morgan fingerprint density at radius 1 is 0.960 bits per heavy atom. The van der Waals surface area contributed by atoms with Crippen molar-refractivity contribution in [2.75, 3.05) is 5.32 Å². The molecule has 0 saturated carbocycles. The van der Waals surface area contributed by atoms with Crippen molar-refractivity contribution < 1.29 is 0 Å². The molecule has 0 amide bonds. The van der Waals surface area contributed by atoms with Crippen molar-refractivity contribution in [3.05, 3.63) is 47.0 Å². The molecule has 0 atom stereocenters. The second-order valence-corrected chi connectivity index (χ2v) is 7.54. The van der Waals surface area contributed by atoms with Gasteiger partial charge in [-0.1, -0.05) is 6.07 Å². The second-order valence-electron chi connectivity index (χ2n) is 6.50. The molecule has 1 aromatic carbocycles. The summed E-state index contributed by atoms with van der Waals surface area (Å²) < 4.78 is 0. The molecule has 2 aliphatic carbocycles. The van der Waals surface area contributed by atoms with Crippen LogP contribution >= 0.6 is 11.8 Å². The van der Waals surface area contributed by atoms with Gasteiger partial charge >= 0.3 is 0 Å². The molecule has 0 bridgehead atoms. The van der Waals surface area contributed by atoms with Gasteiger partial charge in [-0.3, -0.25) is 0 Å². The molecule has 0 unspecified atom stereocenters. The predicted octanol–water partition coefficient (Wildman–Crippen LogP) is 3.47. The van der Waals surface area contributed by atoms with Gasteiger partial charge < -0.3 is 5.32 Å². The average Bonchev–Trinajstić information content (AvgIpc) is 3.36. The summed E-state index contributed by atoms with van der Waals surface area (Å²) in [7, 11) is 0. The number of fused-ring (bicyclic) bond motifs is 2. The Balaban J connectivity index is 1.43. The van der Waals surface area contributed by atoms with Crippen LogP contribution in [0.1, 0.15) is 35.1 Å². The van der Waals surface area contributed by atoms with E-state index in [2.05, 4.69) is 36.5 Å². The van der Waals surface area contributed by atoms with Crippen LogP contribution in [0.5, 0.6) is 0 Å². The molecule has 2 N–H and O–H groups in total. The monoisotopic (exact) mass is 350 g/mol. The molecule has 0 saturated heterocycles. The molecular weight excluding hydrogens is 332 g/mol. The van der Waals surface area contributed by atoms with Gasteiger partial charge in [-0.25, -0.2) is 15.1 Å². The molecule has 7 heteroatoms. The van der Waals surface area contributed by atoms with E-state index in [4.69, 9.17) is 0 Å². The standard InChI is InChI=1S/C18H18N6S/c1-3-11-7-12-4-2-6-15(12)16(14(11)5-1)21-17-22-18(24-23-17)25-13-8-19-10-20-9-13/h7-10H,1-6H2,(H2,21,22,23,24). The topological polar surface area (TPSA) is 79.4 Å². The third kappa shape index (κ3) is 2.78. The lowest BCUT2D eigenvalue weighted by molar-refractivity contribution is 0.898. The number of aryl methyl sites for hydroxylation is 2. The number of nitrogens with zero attached hydrogens (tertiary/aromatic N) is 4. The third-order valence-electron chi connectivity index (χ3n) is 4.93. The smallest absolute Gasteiger partial charge is 0.224 e. The summed E-state index contributed by atoms with van der Waals surface area (Å²) in [4.78, 5) is 13.5. The number of hydrogen-bond acceptors (Lipinski definition) is 6. The number of H-pyrrole nitrogens is 1. The largest absolute Gasteiger partial charge is 0.324 e. The number of nitrogens with one attached hydrogen (secondary N) is 2. The quantitative estimate of drug-likeness (QED) is 0.750. The number of aromatic amines is 1. The number of hydrogen-bond donors (Lipinski definition) is 2. The Labute approximate surface area is 149 Å². The molecule has 126 valence electrons. The van der Waals surface area contributed by atoms with E-state index in [9.17, 15) is 0 Å². The van der Waals surface area contributed by atoms with Crippen molar-refractivity contribution in [2.45, 2.75) is 48.6 Å². The minimum absolute atomic E-state index is 0.668. The Morgan fingerprint density at radius 3 is 2.40 bits per heavy atom. The minimum atomic E-state index is 0.668. The summed E-state index contributed by atoms with van der Waals surface area (Å²) in [6.07, 6.45) is 12.2. The molecule has 0 radical (unpaired) electrons. The van der Waals surface area contributed by atoms with E-state index >= 15 is 0 Å². The van der Waals surface area contributed by atoms with Crippen molar-refractivity contribution >= 4 is 23.4 Å². The number of aromatic nitrogens is 5. The van der Waals surface area contributed by atoms with Crippen LogP contribution in [-0.4, -0.2) is 25.1 Å². The molecule has 2 heterocycles. The minimum Gasteiger partial charge on any atom is -0.324 e. The Hall–Kier alpha value is -2.41. The summed E-state index contributed by atoms with van der Waals surface area (Å²) in [5, 5.41) is 11.5. The van der Waals surface area contributed by atoms with Gasteiger partial charge in [-0.2, -0.15) is 4.98 Å². The van der Waals surface area contributed by atoms with E-state index in [1.807, 2.05) is 0 Å². The molecule has 2 aliphatic rings. The first-order valence-electron chi connectivity index (χ1n) is 8.65. The van der Waals surface area contributed by atoms with E-state index in [-0.39, 0.29) is 0 Å². The van der Waals surface area contributed by atoms with Gasteiger partial charge in [0.05, 0.1) is 4.90 Å². The van der Waals surface area contributed by atoms with E-state index in [0.29, 0.717) is 11.1 Å². The molecule has 25 heavy (non-hydrogen) atoms. The fourth-order valence-corrected chi connectivity index (χ4v) is 4.54. The summed E-state index contributed by atoms with van der Waals surface area (Å²) in [6, 6.07) is 2.44. The fraction of sp³-hybridized carbons (Fsp3) is 0.333. The van der Waals surface area contributed by atoms with E-state index in [1.54, 1.807) is 12.4 Å². The lowest BCUT2D eigenvalue weighted by Gasteiger charge is -2.15. The highest BCUT2D eigenvalue weighted by atomic mass is 32.2. The van der Waals surface area contributed by atoms with Crippen molar-refractivity contribution in [2.24, 2.45) is 0 Å². The first kappa shape index (κ1) is 14.9. The number of anilines is 2. The second kappa shape index (κ2) is 6.15. The van der Waals surface area contributed by atoms with E-state index in [1.165, 1.54) is 71.7 Å². The van der Waals surface area contributed by atoms with Crippen LogP contribution in [0.3, 0.4) is 0 Å². The maximum atomic E-state index is 4.58. The average molecular weight is 350 g/mol. The maximum absolute atomic E-state index is 4.58. The Kier molecular flexibility index (Phi) is 3.66. The van der Waals surface area contributed by atoms with E-state index in [0.717, 1.165) is 17.7 Å². The zero-order valence-corrected chi connectivity index (χ0v) is 14.6. The predicted molar refractivity (Wildman–Crippen MR) is 96.3 cm³/mol. The van der Waals surface area contributed by atoms with Crippen molar-refractivity contribution in [3.63, 3.8) is 0 Å². The number of benzene rings is 1. The molecule has 2 aromatic heterocycles. The summed E-state index contributed by atoms with van der Waals surface area (Å²) in [5.41, 5.74) is 7.25. The van der Waals surface area contributed by atoms with Gasteiger partial charge in [0.1, 0.15) is 6.33 Å². The molecule has 3 aromatic rings. The van der Waals surface area contributed by atoms with E-state index < -0.39 is 0 Å². The lowest BCUT2D eigenvalue weighted by Crippen LogP contribution is -2.02. The van der Waals surface area contributed by atoms with Gasteiger partial charge in [0.2, 0.25) is 11.1 Å². The summed E-state index contributed by atoms with van der Waals surface area (Å²) in [5.74, 6) is 0.703. The van der Waals surface area contributed by atoms with Crippen LogP contribution in [0.15, 0.2) is 34.8 Å². The van der Waals surface area contributed by atoms with Crippen LogP contribution in [0.25, 0.3) is 0 Å². The highest BCUT2D eigenvalue weighted by Crippen LogP contribution is 2.39. The first-order valence-corrected chi connectivity index (χ1v) is 9.47. The van der Waals surface area contributed by atoms with Gasteiger partial charge in [-0.05, 0) is 72.5 Å². The molecule has 0 spiro atoms. The molecular formula is C18H18N6S. The summed E-state index contributed by atoms with van der Waals surface area (Å²) >= 11 is 1.45. The lowest BCUT2D eigenvalue weighted by atomic mass is 9.99. The molecule has 6 nitrogen and oxygen atoms in total. The van der Waals surface area contributed by atoms with Crippen LogP contribution in [0.2, 0.25) is 0 Å². The normalized spacial score (nSPS) is 15.2. The summed E-state index contributed by atoms with van der Waals surface area (Å²) in [6.45, 7) is 0.